The van der Waals surface area contributed by atoms with E-state index in [2.05, 4.69) is 5.10 Å². The lowest BCUT2D eigenvalue weighted by Gasteiger charge is -2.12. The summed E-state index contributed by atoms with van der Waals surface area (Å²) in [6.07, 6.45) is 1.68. The predicted octanol–water partition coefficient (Wildman–Crippen LogP) is 2.87. The number of aliphatic hydroxyl groups is 1. The Morgan fingerprint density at radius 3 is 2.61 bits per heavy atom. The van der Waals surface area contributed by atoms with Crippen LogP contribution in [0, 0.1) is 0 Å². The first-order chi connectivity index (χ1) is 8.66. The van der Waals surface area contributed by atoms with Gasteiger partial charge in [0.2, 0.25) is 0 Å². The van der Waals surface area contributed by atoms with Crippen molar-refractivity contribution in [2.45, 2.75) is 31.0 Å². The molecule has 0 bridgehead atoms. The van der Waals surface area contributed by atoms with Crippen LogP contribution in [0.3, 0.4) is 0 Å². The Morgan fingerprint density at radius 1 is 1.22 bits per heavy atom. The molecule has 0 aliphatic carbocycles. The highest BCUT2D eigenvalue weighted by atomic mass is 32.2. The van der Waals surface area contributed by atoms with Crippen molar-refractivity contribution in [2.75, 3.05) is 0 Å². The first-order valence-electron chi connectivity index (χ1n) is 6.06. The third-order valence-electron chi connectivity index (χ3n) is 2.84. The van der Waals surface area contributed by atoms with Crippen molar-refractivity contribution < 1.29 is 5.11 Å². The van der Waals surface area contributed by atoms with E-state index in [1.54, 1.807) is 11.8 Å². The van der Waals surface area contributed by atoms with Crippen molar-refractivity contribution in [1.29, 1.82) is 0 Å². The Balaban J connectivity index is 1.99. The average molecular weight is 262 g/mol. The molecule has 0 amide bonds. The predicted molar refractivity (Wildman–Crippen MR) is 76.0 cm³/mol. The molecule has 1 heterocycles. The number of thioether (sulfide) groups is 1. The lowest BCUT2D eigenvalue weighted by Crippen LogP contribution is -2.15. The Bertz CT molecular complexity index is 482. The molecule has 18 heavy (non-hydrogen) atoms. The van der Waals surface area contributed by atoms with Crippen LogP contribution in [0.1, 0.15) is 19.5 Å². The number of hydrogen-bond acceptors (Lipinski definition) is 3. The Kier molecular flexibility index (Phi) is 4.44. The maximum Gasteiger partial charge on any atom is 0.0728 e. The summed E-state index contributed by atoms with van der Waals surface area (Å²) in [6.45, 7) is 3.85. The fraction of sp³-hybridized carbons (Fsp3) is 0.357. The fourth-order valence-corrected chi connectivity index (χ4v) is 2.39. The van der Waals surface area contributed by atoms with E-state index < -0.39 is 0 Å². The topological polar surface area (TPSA) is 38.0 Å². The van der Waals surface area contributed by atoms with Gasteiger partial charge in [0.1, 0.15) is 0 Å². The molecular weight excluding hydrogens is 244 g/mol. The average Bonchev–Trinajstić information content (AvgIpc) is 2.85. The molecule has 4 heteroatoms. The van der Waals surface area contributed by atoms with Gasteiger partial charge >= 0.3 is 0 Å². The minimum Gasteiger partial charge on any atom is -0.392 e. The second kappa shape index (κ2) is 6.07. The van der Waals surface area contributed by atoms with E-state index in [1.807, 2.05) is 61.1 Å². The highest BCUT2D eigenvalue weighted by Gasteiger charge is 2.10. The molecule has 3 nitrogen and oxygen atoms in total. The van der Waals surface area contributed by atoms with Gasteiger partial charge in [0, 0.05) is 17.2 Å². The zero-order valence-electron chi connectivity index (χ0n) is 10.7. The summed E-state index contributed by atoms with van der Waals surface area (Å²) in [5, 5.41) is 14.2. The first kappa shape index (κ1) is 13.2. The molecule has 0 aliphatic rings. The van der Waals surface area contributed by atoms with Gasteiger partial charge in [-0.05, 0) is 25.1 Å². The molecule has 0 spiro atoms. The van der Waals surface area contributed by atoms with Crippen LogP contribution < -0.4 is 0 Å². The third-order valence-corrected chi connectivity index (χ3v) is 4.22. The highest BCUT2D eigenvalue weighted by Crippen LogP contribution is 2.19. The molecule has 2 unspecified atom stereocenters. The minimum absolute atomic E-state index is 0.229. The zero-order valence-corrected chi connectivity index (χ0v) is 11.5. The van der Waals surface area contributed by atoms with Crippen LogP contribution in [0.2, 0.25) is 0 Å². The van der Waals surface area contributed by atoms with Crippen LogP contribution in [-0.2, 0) is 5.75 Å². The number of benzene rings is 1. The highest BCUT2D eigenvalue weighted by molar-refractivity contribution is 7.99. The molecule has 0 aliphatic heterocycles. The number of aliphatic hydroxyl groups excluding tert-OH is 1. The van der Waals surface area contributed by atoms with Crippen LogP contribution in [0.4, 0.5) is 0 Å². The molecular formula is C14H18N2OS. The molecule has 0 saturated carbocycles. The normalized spacial score (nSPS) is 14.4. The minimum atomic E-state index is -0.286. The molecule has 1 aromatic carbocycles. The smallest absolute Gasteiger partial charge is 0.0728 e. The van der Waals surface area contributed by atoms with Crippen molar-refractivity contribution in [3.63, 3.8) is 0 Å². The summed E-state index contributed by atoms with van der Waals surface area (Å²) >= 11 is 1.72. The first-order valence-corrected chi connectivity index (χ1v) is 7.11. The SMILES string of the molecule is CC(O)C(C)SCc1ccn(-c2ccccc2)n1. The molecule has 0 fully saturated rings. The van der Waals surface area contributed by atoms with Gasteiger partial charge in [-0.15, -0.1) is 11.8 Å². The van der Waals surface area contributed by atoms with Crippen LogP contribution in [0.5, 0.6) is 0 Å². The molecule has 1 N–H and O–H groups in total. The quantitative estimate of drug-likeness (QED) is 0.900. The maximum absolute atomic E-state index is 9.44. The van der Waals surface area contributed by atoms with Gasteiger partial charge in [0.25, 0.3) is 0 Å². The number of aromatic nitrogens is 2. The van der Waals surface area contributed by atoms with Gasteiger partial charge < -0.3 is 5.11 Å². The van der Waals surface area contributed by atoms with Crippen molar-refractivity contribution in [3.05, 3.63) is 48.3 Å². The van der Waals surface area contributed by atoms with E-state index in [0.717, 1.165) is 17.1 Å². The fourth-order valence-electron chi connectivity index (χ4n) is 1.52. The molecule has 2 aromatic rings. The summed E-state index contributed by atoms with van der Waals surface area (Å²) < 4.78 is 1.88. The summed E-state index contributed by atoms with van der Waals surface area (Å²) in [4.78, 5) is 0. The van der Waals surface area contributed by atoms with E-state index in [1.165, 1.54) is 0 Å². The second-order valence-corrected chi connectivity index (χ2v) is 5.71. The van der Waals surface area contributed by atoms with E-state index in [4.69, 9.17) is 0 Å². The number of rotatable bonds is 5. The lowest BCUT2D eigenvalue weighted by atomic mass is 10.3. The molecule has 0 radical (unpaired) electrons. The largest absolute Gasteiger partial charge is 0.392 e. The van der Waals surface area contributed by atoms with Gasteiger partial charge in [-0.1, -0.05) is 25.1 Å². The number of para-hydroxylation sites is 1. The standard InChI is InChI=1S/C14H18N2OS/c1-11(17)12(2)18-10-13-8-9-16(15-13)14-6-4-3-5-7-14/h3-9,11-12,17H,10H2,1-2H3. The van der Waals surface area contributed by atoms with Crippen molar-refractivity contribution in [2.24, 2.45) is 0 Å². The van der Waals surface area contributed by atoms with E-state index in [0.29, 0.717) is 0 Å². The van der Waals surface area contributed by atoms with Crippen LogP contribution in [0.15, 0.2) is 42.6 Å². The molecule has 1 aromatic heterocycles. The van der Waals surface area contributed by atoms with E-state index in [-0.39, 0.29) is 11.4 Å². The summed E-state index contributed by atoms with van der Waals surface area (Å²) in [5.74, 6) is 0.825. The van der Waals surface area contributed by atoms with Gasteiger partial charge in [0.15, 0.2) is 0 Å². The van der Waals surface area contributed by atoms with E-state index >= 15 is 0 Å². The molecule has 2 rings (SSSR count). The summed E-state index contributed by atoms with van der Waals surface area (Å²) in [7, 11) is 0. The Hall–Kier alpha value is -1.26. The molecule has 2 atom stereocenters. The van der Waals surface area contributed by atoms with Crippen LogP contribution in [-0.4, -0.2) is 26.2 Å². The Morgan fingerprint density at radius 2 is 1.94 bits per heavy atom. The summed E-state index contributed by atoms with van der Waals surface area (Å²) in [5.41, 5.74) is 2.11. The Labute approximate surface area is 112 Å². The van der Waals surface area contributed by atoms with Crippen LogP contribution in [0.25, 0.3) is 5.69 Å². The van der Waals surface area contributed by atoms with Gasteiger partial charge in [-0.25, -0.2) is 4.68 Å². The lowest BCUT2D eigenvalue weighted by molar-refractivity contribution is 0.196. The van der Waals surface area contributed by atoms with Gasteiger partial charge in [0.05, 0.1) is 17.5 Å². The van der Waals surface area contributed by atoms with Crippen LogP contribution >= 0.6 is 11.8 Å². The zero-order chi connectivity index (χ0) is 13.0. The molecule has 0 saturated heterocycles. The monoisotopic (exact) mass is 262 g/mol. The number of hydrogen-bond donors (Lipinski definition) is 1. The van der Waals surface area contributed by atoms with Gasteiger partial charge in [-0.2, -0.15) is 5.10 Å². The third kappa shape index (κ3) is 3.37. The second-order valence-electron chi connectivity index (χ2n) is 4.34. The van der Waals surface area contributed by atoms with Crippen molar-refractivity contribution in [3.8, 4) is 5.69 Å². The summed E-state index contributed by atoms with van der Waals surface area (Å²) in [6, 6.07) is 12.1. The number of nitrogens with zero attached hydrogens (tertiary/aromatic N) is 2. The van der Waals surface area contributed by atoms with E-state index in [9.17, 15) is 5.11 Å². The maximum atomic E-state index is 9.44. The van der Waals surface area contributed by atoms with Crippen molar-refractivity contribution in [1.82, 2.24) is 9.78 Å². The van der Waals surface area contributed by atoms with Crippen molar-refractivity contribution >= 4 is 11.8 Å². The van der Waals surface area contributed by atoms with Gasteiger partial charge in [-0.3, -0.25) is 0 Å². The molecule has 96 valence electrons.